The van der Waals surface area contributed by atoms with E-state index in [4.69, 9.17) is 4.74 Å². The van der Waals surface area contributed by atoms with Crippen molar-refractivity contribution < 1.29 is 14.3 Å². The van der Waals surface area contributed by atoms with Crippen LogP contribution in [-0.4, -0.2) is 24.5 Å². The molecular weight excluding hydrogens is 328 g/mol. The average Bonchev–Trinajstić information content (AvgIpc) is 2.94. The molecule has 0 aromatic heterocycles. The minimum Gasteiger partial charge on any atom is -0.494 e. The van der Waals surface area contributed by atoms with Crippen LogP contribution in [0.2, 0.25) is 0 Å². The molecule has 1 aliphatic heterocycles. The molecule has 26 heavy (non-hydrogen) atoms. The van der Waals surface area contributed by atoms with Gasteiger partial charge in [-0.25, -0.2) is 4.90 Å². The lowest BCUT2D eigenvalue weighted by atomic mass is 10.1. The van der Waals surface area contributed by atoms with Crippen LogP contribution in [0.1, 0.15) is 38.3 Å². The summed E-state index contributed by atoms with van der Waals surface area (Å²) in [6.45, 7) is 4.68. The number of hydrogen-bond acceptors (Lipinski definition) is 4. The van der Waals surface area contributed by atoms with Gasteiger partial charge in [0.25, 0.3) is 5.91 Å². The van der Waals surface area contributed by atoms with Crippen molar-refractivity contribution in [2.45, 2.75) is 38.8 Å². The molecule has 0 saturated carbocycles. The molecule has 1 heterocycles. The van der Waals surface area contributed by atoms with Crippen molar-refractivity contribution in [2.75, 3.05) is 11.5 Å². The van der Waals surface area contributed by atoms with Gasteiger partial charge in [-0.3, -0.25) is 14.9 Å². The van der Waals surface area contributed by atoms with Crippen molar-refractivity contribution >= 4 is 17.5 Å². The van der Waals surface area contributed by atoms with Gasteiger partial charge in [-0.1, -0.05) is 37.3 Å². The molecular formula is C21H24N2O3. The predicted molar refractivity (Wildman–Crippen MR) is 101 cm³/mol. The highest BCUT2D eigenvalue weighted by Gasteiger charge is 2.40. The van der Waals surface area contributed by atoms with Crippen LogP contribution in [0, 0.1) is 0 Å². The number of nitrogens with zero attached hydrogens (tertiary/aromatic N) is 1. The molecule has 2 aromatic rings. The molecule has 5 nitrogen and oxygen atoms in total. The smallest absolute Gasteiger partial charge is 0.251 e. The first-order chi connectivity index (χ1) is 12.6. The first-order valence-corrected chi connectivity index (χ1v) is 9.00. The van der Waals surface area contributed by atoms with Gasteiger partial charge in [0, 0.05) is 6.04 Å². The second-order valence-corrected chi connectivity index (χ2v) is 6.47. The van der Waals surface area contributed by atoms with Gasteiger partial charge in [0.15, 0.2) is 0 Å². The molecule has 0 bridgehead atoms. The van der Waals surface area contributed by atoms with Gasteiger partial charge in [-0.2, -0.15) is 0 Å². The Bertz CT molecular complexity index is 759. The van der Waals surface area contributed by atoms with Crippen LogP contribution in [0.5, 0.6) is 5.75 Å². The van der Waals surface area contributed by atoms with Crippen molar-refractivity contribution in [3.8, 4) is 5.75 Å². The van der Waals surface area contributed by atoms with Crippen molar-refractivity contribution in [3.05, 3.63) is 60.2 Å². The lowest BCUT2D eigenvalue weighted by Crippen LogP contribution is -2.39. The third-order valence-electron chi connectivity index (χ3n) is 4.47. The highest BCUT2D eigenvalue weighted by molar-refractivity contribution is 6.22. The third-order valence-corrected chi connectivity index (χ3v) is 4.47. The van der Waals surface area contributed by atoms with E-state index in [-0.39, 0.29) is 24.3 Å². The van der Waals surface area contributed by atoms with Crippen LogP contribution in [0.25, 0.3) is 0 Å². The van der Waals surface area contributed by atoms with Gasteiger partial charge in [0.1, 0.15) is 5.75 Å². The fourth-order valence-electron chi connectivity index (χ4n) is 3.08. The van der Waals surface area contributed by atoms with Crippen LogP contribution in [-0.2, 0) is 9.59 Å². The number of ether oxygens (including phenoxy) is 1. The molecule has 5 heteroatoms. The fraction of sp³-hybridized carbons (Fsp3) is 0.333. The Morgan fingerprint density at radius 1 is 1.12 bits per heavy atom. The summed E-state index contributed by atoms with van der Waals surface area (Å²) in [5.74, 6) is 0.345. The molecule has 1 fully saturated rings. The van der Waals surface area contributed by atoms with E-state index in [0.717, 1.165) is 17.7 Å². The second kappa shape index (κ2) is 8.15. The highest BCUT2D eigenvalue weighted by Crippen LogP contribution is 2.26. The molecule has 0 radical (unpaired) electrons. The van der Waals surface area contributed by atoms with E-state index in [0.29, 0.717) is 12.3 Å². The summed E-state index contributed by atoms with van der Waals surface area (Å²) in [6, 6.07) is 16.5. The lowest BCUT2D eigenvalue weighted by molar-refractivity contribution is -0.121. The number of carbonyl (C=O) groups excluding carboxylic acids is 2. The van der Waals surface area contributed by atoms with E-state index in [9.17, 15) is 9.59 Å². The van der Waals surface area contributed by atoms with Crippen LogP contribution in [0.4, 0.5) is 5.69 Å². The molecule has 1 N–H and O–H groups in total. The van der Waals surface area contributed by atoms with Gasteiger partial charge < -0.3 is 4.74 Å². The molecule has 2 amide bonds. The molecule has 0 aliphatic carbocycles. The first-order valence-electron chi connectivity index (χ1n) is 9.00. The standard InChI is InChI=1S/C21H24N2O3/c1-3-13-26-18-11-9-17(10-12-18)23-20(24)14-19(21(23)25)22-15(2)16-7-5-4-6-8-16/h4-12,15,19,22H,3,13-14H2,1-2H3/t15-,19-/m1/s1. The predicted octanol–water partition coefficient (Wildman–Crippen LogP) is 3.46. The Morgan fingerprint density at radius 3 is 2.46 bits per heavy atom. The maximum absolute atomic E-state index is 12.8. The quantitative estimate of drug-likeness (QED) is 0.776. The number of carbonyl (C=O) groups is 2. The fourth-order valence-corrected chi connectivity index (χ4v) is 3.08. The van der Waals surface area contributed by atoms with Crippen molar-refractivity contribution in [1.29, 1.82) is 0 Å². The van der Waals surface area contributed by atoms with Crippen LogP contribution in [0.3, 0.4) is 0 Å². The van der Waals surface area contributed by atoms with Crippen molar-refractivity contribution in [1.82, 2.24) is 5.32 Å². The topological polar surface area (TPSA) is 58.6 Å². The molecule has 0 spiro atoms. The van der Waals surface area contributed by atoms with Crippen molar-refractivity contribution in [3.63, 3.8) is 0 Å². The zero-order chi connectivity index (χ0) is 18.5. The molecule has 2 atom stereocenters. The van der Waals surface area contributed by atoms with E-state index in [1.165, 1.54) is 4.90 Å². The van der Waals surface area contributed by atoms with Crippen LogP contribution >= 0.6 is 0 Å². The Labute approximate surface area is 154 Å². The first kappa shape index (κ1) is 18.1. The SMILES string of the molecule is CCCOc1ccc(N2C(=O)C[C@@H](N[C@H](C)c3ccccc3)C2=O)cc1. The molecule has 1 saturated heterocycles. The Hall–Kier alpha value is -2.66. The monoisotopic (exact) mass is 352 g/mol. The summed E-state index contributed by atoms with van der Waals surface area (Å²) in [5.41, 5.74) is 1.67. The summed E-state index contributed by atoms with van der Waals surface area (Å²) in [4.78, 5) is 26.4. The summed E-state index contributed by atoms with van der Waals surface area (Å²) in [6.07, 6.45) is 1.10. The number of rotatable bonds is 7. The minimum atomic E-state index is -0.506. The van der Waals surface area contributed by atoms with E-state index in [1.807, 2.05) is 44.2 Å². The molecule has 3 rings (SSSR count). The number of imide groups is 1. The molecule has 2 aromatic carbocycles. The number of hydrogen-bond donors (Lipinski definition) is 1. The van der Waals surface area contributed by atoms with Crippen LogP contribution < -0.4 is 15.0 Å². The summed E-state index contributed by atoms with van der Waals surface area (Å²) >= 11 is 0. The number of benzene rings is 2. The highest BCUT2D eigenvalue weighted by atomic mass is 16.5. The number of nitrogens with one attached hydrogen (secondary N) is 1. The molecule has 0 unspecified atom stereocenters. The van der Waals surface area contributed by atoms with Gasteiger partial charge in [0.2, 0.25) is 5.91 Å². The zero-order valence-electron chi connectivity index (χ0n) is 15.1. The van der Waals surface area contributed by atoms with E-state index in [2.05, 4.69) is 5.32 Å². The number of amides is 2. The van der Waals surface area contributed by atoms with Gasteiger partial charge in [-0.05, 0) is 43.2 Å². The van der Waals surface area contributed by atoms with E-state index in [1.54, 1.807) is 24.3 Å². The Morgan fingerprint density at radius 2 is 1.81 bits per heavy atom. The summed E-state index contributed by atoms with van der Waals surface area (Å²) in [7, 11) is 0. The average molecular weight is 352 g/mol. The zero-order valence-corrected chi connectivity index (χ0v) is 15.1. The van der Waals surface area contributed by atoms with Gasteiger partial charge in [-0.15, -0.1) is 0 Å². The lowest BCUT2D eigenvalue weighted by Gasteiger charge is -2.19. The molecule has 1 aliphatic rings. The summed E-state index contributed by atoms with van der Waals surface area (Å²) in [5, 5.41) is 3.28. The molecule has 136 valence electrons. The maximum atomic E-state index is 12.8. The normalized spacial score (nSPS) is 18.2. The van der Waals surface area contributed by atoms with Crippen LogP contribution in [0.15, 0.2) is 54.6 Å². The van der Waals surface area contributed by atoms with E-state index < -0.39 is 6.04 Å². The second-order valence-electron chi connectivity index (χ2n) is 6.47. The minimum absolute atomic E-state index is 0.0114. The van der Waals surface area contributed by atoms with Gasteiger partial charge in [0.05, 0.1) is 24.8 Å². The summed E-state index contributed by atoms with van der Waals surface area (Å²) < 4.78 is 5.55. The van der Waals surface area contributed by atoms with Gasteiger partial charge >= 0.3 is 0 Å². The Kier molecular flexibility index (Phi) is 5.68. The number of anilines is 1. The van der Waals surface area contributed by atoms with E-state index >= 15 is 0 Å². The maximum Gasteiger partial charge on any atom is 0.251 e. The third kappa shape index (κ3) is 3.94. The largest absolute Gasteiger partial charge is 0.494 e. The Balaban J connectivity index is 1.68. The van der Waals surface area contributed by atoms with Crippen molar-refractivity contribution in [2.24, 2.45) is 0 Å².